The lowest BCUT2D eigenvalue weighted by Gasteiger charge is -2.26. The predicted octanol–water partition coefficient (Wildman–Crippen LogP) is 5.27. The molecule has 1 unspecified atom stereocenters. The zero-order valence-electron chi connectivity index (χ0n) is 17.4. The van der Waals surface area contributed by atoms with Gasteiger partial charge < -0.3 is 14.3 Å². The number of furan rings is 1. The number of anilines is 1. The molecular weight excluding hydrogens is 444 g/mol. The van der Waals surface area contributed by atoms with Crippen molar-refractivity contribution in [2.45, 2.75) is 6.04 Å². The lowest BCUT2D eigenvalue weighted by molar-refractivity contribution is -0.117. The first-order valence-corrected chi connectivity index (χ1v) is 10.4. The average molecular weight is 461 g/mol. The number of ether oxygens (including phenoxy) is 1. The fraction of sp³-hybridized carbons (Fsp3) is 0.0800. The van der Waals surface area contributed by atoms with Gasteiger partial charge in [0.15, 0.2) is 11.5 Å². The van der Waals surface area contributed by atoms with Crippen LogP contribution in [0.25, 0.3) is 11.0 Å². The summed E-state index contributed by atoms with van der Waals surface area (Å²) in [5, 5.41) is 12.0. The third-order valence-corrected chi connectivity index (χ3v) is 5.72. The molecule has 1 atom stereocenters. The summed E-state index contributed by atoms with van der Waals surface area (Å²) in [7, 11) is 1.52. The van der Waals surface area contributed by atoms with Gasteiger partial charge in [0.25, 0.3) is 5.91 Å². The molecule has 3 heterocycles. The standard InChI is InChI=1S/C25H17ClN2O5/c1-32-18-6-2-5-17(12-18)28-22(14-4-3-9-27-13-14)21(24(30)25(28)31)23(29)20-11-15-10-16(26)7-8-19(15)33-20/h2-13,22,30H,1H3. The molecule has 0 saturated heterocycles. The van der Waals surface area contributed by atoms with E-state index in [1.807, 2.05) is 0 Å². The SMILES string of the molecule is COc1cccc(N2C(=O)C(O)=C(C(=O)c3cc4cc(Cl)ccc4o3)C2c2cccnc2)c1. The average Bonchev–Trinajstić information content (AvgIpc) is 3.37. The van der Waals surface area contributed by atoms with Gasteiger partial charge in [-0.1, -0.05) is 23.7 Å². The van der Waals surface area contributed by atoms with E-state index in [0.717, 1.165) is 0 Å². The number of Topliss-reactive ketones (excluding diaryl/α,β-unsaturated/α-hetero) is 1. The van der Waals surface area contributed by atoms with Crippen molar-refractivity contribution in [3.05, 3.63) is 101 Å². The number of aliphatic hydroxyl groups is 1. The summed E-state index contributed by atoms with van der Waals surface area (Å²) < 4.78 is 11.0. The molecule has 0 spiro atoms. The number of ketones is 1. The molecular formula is C25H17ClN2O5. The summed E-state index contributed by atoms with van der Waals surface area (Å²) in [6.07, 6.45) is 3.14. The highest BCUT2D eigenvalue weighted by atomic mass is 35.5. The summed E-state index contributed by atoms with van der Waals surface area (Å²) in [4.78, 5) is 32.3. The van der Waals surface area contributed by atoms with Crippen molar-refractivity contribution in [3.63, 3.8) is 0 Å². The first kappa shape index (κ1) is 20.8. The van der Waals surface area contributed by atoms with Crippen molar-refractivity contribution < 1.29 is 23.8 Å². The Balaban J connectivity index is 1.65. The van der Waals surface area contributed by atoms with E-state index in [-0.39, 0.29) is 11.3 Å². The highest BCUT2D eigenvalue weighted by molar-refractivity contribution is 6.31. The molecule has 0 aliphatic carbocycles. The first-order chi connectivity index (χ1) is 16.0. The summed E-state index contributed by atoms with van der Waals surface area (Å²) in [5.41, 5.74) is 1.38. The number of carbonyl (C=O) groups excluding carboxylic acids is 2. The zero-order valence-corrected chi connectivity index (χ0v) is 18.1. The van der Waals surface area contributed by atoms with Gasteiger partial charge in [0, 0.05) is 34.6 Å². The maximum atomic E-state index is 13.6. The van der Waals surface area contributed by atoms with Crippen LogP contribution in [0.5, 0.6) is 5.75 Å². The summed E-state index contributed by atoms with van der Waals surface area (Å²) in [6, 6.07) is 15.9. The third kappa shape index (κ3) is 3.52. The maximum absolute atomic E-state index is 13.6. The minimum Gasteiger partial charge on any atom is -0.503 e. The van der Waals surface area contributed by atoms with Gasteiger partial charge in [0.1, 0.15) is 11.3 Å². The van der Waals surface area contributed by atoms with Crippen molar-refractivity contribution in [2.75, 3.05) is 12.0 Å². The molecule has 1 aliphatic heterocycles. The van der Waals surface area contributed by atoms with Crippen LogP contribution >= 0.6 is 11.6 Å². The molecule has 5 rings (SSSR count). The monoisotopic (exact) mass is 460 g/mol. The van der Waals surface area contributed by atoms with Gasteiger partial charge in [-0.15, -0.1) is 0 Å². The van der Waals surface area contributed by atoms with Crippen molar-refractivity contribution in [1.82, 2.24) is 4.98 Å². The van der Waals surface area contributed by atoms with Gasteiger partial charge in [-0.2, -0.15) is 0 Å². The fourth-order valence-electron chi connectivity index (χ4n) is 3.98. The van der Waals surface area contributed by atoms with E-state index in [4.69, 9.17) is 20.8 Å². The molecule has 33 heavy (non-hydrogen) atoms. The van der Waals surface area contributed by atoms with E-state index < -0.39 is 23.5 Å². The van der Waals surface area contributed by atoms with E-state index in [9.17, 15) is 14.7 Å². The Morgan fingerprint density at radius 3 is 2.76 bits per heavy atom. The molecule has 164 valence electrons. The van der Waals surface area contributed by atoms with Crippen LogP contribution in [0.2, 0.25) is 5.02 Å². The molecule has 1 N–H and O–H groups in total. The van der Waals surface area contributed by atoms with Crippen LogP contribution in [-0.4, -0.2) is 28.9 Å². The Hall–Kier alpha value is -4.10. The molecule has 0 radical (unpaired) electrons. The quantitative estimate of drug-likeness (QED) is 0.408. The molecule has 8 heteroatoms. The molecule has 0 fully saturated rings. The Morgan fingerprint density at radius 2 is 2.00 bits per heavy atom. The number of benzene rings is 2. The van der Waals surface area contributed by atoms with Crippen molar-refractivity contribution in [2.24, 2.45) is 0 Å². The number of aliphatic hydroxyl groups excluding tert-OH is 1. The van der Waals surface area contributed by atoms with Gasteiger partial charge in [-0.25, -0.2) is 0 Å². The number of nitrogens with zero attached hydrogens (tertiary/aromatic N) is 2. The van der Waals surface area contributed by atoms with Crippen molar-refractivity contribution in [1.29, 1.82) is 0 Å². The van der Waals surface area contributed by atoms with Crippen molar-refractivity contribution in [3.8, 4) is 5.75 Å². The zero-order chi connectivity index (χ0) is 23.1. The molecule has 0 bridgehead atoms. The number of carbonyl (C=O) groups is 2. The van der Waals surface area contributed by atoms with Gasteiger partial charge in [0.2, 0.25) is 5.78 Å². The van der Waals surface area contributed by atoms with Crippen LogP contribution in [-0.2, 0) is 4.79 Å². The fourth-order valence-corrected chi connectivity index (χ4v) is 4.16. The molecule has 1 aliphatic rings. The number of halogens is 1. The number of rotatable bonds is 5. The van der Waals surface area contributed by atoms with Gasteiger partial charge in [0.05, 0.1) is 18.7 Å². The predicted molar refractivity (Wildman–Crippen MR) is 123 cm³/mol. The number of hydrogen-bond acceptors (Lipinski definition) is 6. The third-order valence-electron chi connectivity index (χ3n) is 5.49. The second-order valence-electron chi connectivity index (χ2n) is 7.45. The van der Waals surface area contributed by atoms with Crippen LogP contribution in [0.4, 0.5) is 5.69 Å². The van der Waals surface area contributed by atoms with E-state index in [1.165, 1.54) is 12.0 Å². The molecule has 0 saturated carbocycles. The van der Waals surface area contributed by atoms with E-state index in [0.29, 0.717) is 33.0 Å². The molecule has 1 amide bonds. The van der Waals surface area contributed by atoms with Crippen molar-refractivity contribution >= 4 is 39.9 Å². The number of methoxy groups -OCH3 is 1. The van der Waals surface area contributed by atoms with Crippen LogP contribution < -0.4 is 9.64 Å². The molecule has 2 aromatic carbocycles. The first-order valence-electron chi connectivity index (χ1n) is 10.0. The lowest BCUT2D eigenvalue weighted by Crippen LogP contribution is -2.31. The highest BCUT2D eigenvalue weighted by Gasteiger charge is 2.45. The minimum atomic E-state index is -0.914. The van der Waals surface area contributed by atoms with E-state index in [2.05, 4.69) is 4.98 Å². The number of hydrogen-bond donors (Lipinski definition) is 1. The van der Waals surface area contributed by atoms with E-state index >= 15 is 0 Å². The molecule has 2 aromatic heterocycles. The Morgan fingerprint density at radius 1 is 1.15 bits per heavy atom. The largest absolute Gasteiger partial charge is 0.503 e. The molecule has 7 nitrogen and oxygen atoms in total. The maximum Gasteiger partial charge on any atom is 0.294 e. The Kier molecular flexibility index (Phi) is 5.11. The smallest absolute Gasteiger partial charge is 0.294 e. The highest BCUT2D eigenvalue weighted by Crippen LogP contribution is 2.42. The number of aromatic nitrogens is 1. The minimum absolute atomic E-state index is 0.0111. The number of pyridine rings is 1. The second-order valence-corrected chi connectivity index (χ2v) is 7.89. The Labute approximate surface area is 193 Å². The van der Waals surface area contributed by atoms with Crippen LogP contribution in [0, 0.1) is 0 Å². The Bertz CT molecular complexity index is 1430. The molecule has 4 aromatic rings. The normalized spacial score (nSPS) is 16.0. The van der Waals surface area contributed by atoms with Crippen LogP contribution in [0.3, 0.4) is 0 Å². The van der Waals surface area contributed by atoms with Gasteiger partial charge >= 0.3 is 0 Å². The second kappa shape index (κ2) is 8.11. The summed E-state index contributed by atoms with van der Waals surface area (Å²) >= 11 is 6.05. The summed E-state index contributed by atoms with van der Waals surface area (Å²) in [5.74, 6) is -1.44. The summed E-state index contributed by atoms with van der Waals surface area (Å²) in [6.45, 7) is 0. The topological polar surface area (TPSA) is 92.9 Å². The number of amides is 1. The van der Waals surface area contributed by atoms with Gasteiger partial charge in [-0.3, -0.25) is 19.5 Å². The number of fused-ring (bicyclic) bond motifs is 1. The van der Waals surface area contributed by atoms with Gasteiger partial charge in [-0.05, 0) is 48.0 Å². The van der Waals surface area contributed by atoms with Crippen LogP contribution in [0.15, 0.2) is 88.8 Å². The lowest BCUT2D eigenvalue weighted by atomic mass is 9.96. The van der Waals surface area contributed by atoms with E-state index in [1.54, 1.807) is 73.1 Å². The van der Waals surface area contributed by atoms with Crippen LogP contribution in [0.1, 0.15) is 22.2 Å².